The maximum absolute atomic E-state index is 5.13. The van der Waals surface area contributed by atoms with Crippen molar-refractivity contribution in [1.29, 1.82) is 0 Å². The lowest BCUT2D eigenvalue weighted by molar-refractivity contribution is 0.723. The molecule has 0 N–H and O–H groups in total. The van der Waals surface area contributed by atoms with Crippen molar-refractivity contribution in [2.45, 2.75) is 40.5 Å². The lowest BCUT2D eigenvalue weighted by Gasteiger charge is -2.24. The summed E-state index contributed by atoms with van der Waals surface area (Å²) in [5, 5.41) is 0. The highest BCUT2D eigenvalue weighted by atomic mass is 32.1. The van der Waals surface area contributed by atoms with Crippen LogP contribution < -0.4 is 0 Å². The van der Waals surface area contributed by atoms with E-state index in [4.69, 9.17) is 9.97 Å². The summed E-state index contributed by atoms with van der Waals surface area (Å²) in [7, 11) is 0. The Morgan fingerprint density at radius 1 is 0.686 bits per heavy atom. The molecular formula is C30H24N4S. The molecule has 0 radical (unpaired) electrons. The summed E-state index contributed by atoms with van der Waals surface area (Å²) in [6, 6.07) is 12.8. The largest absolute Gasteiger partial charge is 0.243 e. The molecule has 6 rings (SSSR count). The van der Waals surface area contributed by atoms with Crippen molar-refractivity contribution >= 4 is 44.8 Å². The second-order valence-corrected chi connectivity index (χ2v) is 9.75. The fraction of sp³-hybridized carbons (Fsp3) is 0.267. The summed E-state index contributed by atoms with van der Waals surface area (Å²) in [6.07, 6.45) is 1.98. The number of nitrogens with zero attached hydrogens (tertiary/aromatic N) is 4. The first-order valence-electron chi connectivity index (χ1n) is 12.2. The Labute approximate surface area is 209 Å². The average molecular weight is 473 g/mol. The first-order chi connectivity index (χ1) is 17.1. The molecule has 4 nitrogen and oxygen atoms in total. The van der Waals surface area contributed by atoms with E-state index >= 15 is 0 Å². The van der Waals surface area contributed by atoms with E-state index < -0.39 is 0 Å². The van der Waals surface area contributed by atoms with Gasteiger partial charge in [0, 0.05) is 11.8 Å². The Hall–Kier alpha value is -3.80. The van der Waals surface area contributed by atoms with E-state index in [1.165, 1.54) is 34.0 Å². The predicted molar refractivity (Wildman–Crippen MR) is 145 cm³/mol. The summed E-state index contributed by atoms with van der Waals surface area (Å²) in [5.74, 6) is 14.1. The predicted octanol–water partition coefficient (Wildman–Crippen LogP) is 7.23. The van der Waals surface area contributed by atoms with Gasteiger partial charge in [0.25, 0.3) is 0 Å². The number of benzene rings is 3. The molecule has 1 aliphatic rings. The molecule has 0 saturated heterocycles. The first-order valence-corrected chi connectivity index (χ1v) is 12.9. The molecule has 2 heterocycles. The molecule has 5 heteroatoms. The van der Waals surface area contributed by atoms with Gasteiger partial charge in [-0.3, -0.25) is 0 Å². The van der Waals surface area contributed by atoms with Crippen molar-refractivity contribution in [3.63, 3.8) is 0 Å². The van der Waals surface area contributed by atoms with Crippen LogP contribution in [0.1, 0.15) is 51.7 Å². The van der Waals surface area contributed by atoms with E-state index in [2.05, 4.69) is 96.5 Å². The van der Waals surface area contributed by atoms with Gasteiger partial charge in [-0.15, -0.1) is 0 Å². The van der Waals surface area contributed by atoms with Gasteiger partial charge in [-0.05, 0) is 47.2 Å². The van der Waals surface area contributed by atoms with E-state index in [1.54, 1.807) is 0 Å². The van der Waals surface area contributed by atoms with Gasteiger partial charge in [0.1, 0.15) is 22.1 Å². The molecule has 0 bridgehead atoms. The molecule has 170 valence electrons. The van der Waals surface area contributed by atoms with Gasteiger partial charge in [0.05, 0.1) is 33.9 Å². The zero-order chi connectivity index (χ0) is 24.1. The standard InChI is InChI=1S/C30H24N4S/c1-5-17(3)11-13-21-27-28(22(14-12-18(4)6-2)30-29(21)33-35-34-30)32-26-16-24-20-10-8-7-9-19(20)23(24)15-25(26)31-27/h7-10,15-18H,5-6H2,1-4H3. The fourth-order valence-electron chi connectivity index (χ4n) is 4.36. The van der Waals surface area contributed by atoms with Crippen molar-refractivity contribution in [3.8, 4) is 45.9 Å². The maximum atomic E-state index is 5.13. The van der Waals surface area contributed by atoms with Crippen LogP contribution in [-0.2, 0) is 0 Å². The van der Waals surface area contributed by atoms with Gasteiger partial charge in [0.15, 0.2) is 0 Å². The van der Waals surface area contributed by atoms with Crippen LogP contribution in [0, 0.1) is 35.5 Å². The van der Waals surface area contributed by atoms with E-state index in [0.717, 1.165) is 57.1 Å². The Bertz CT molecular complexity index is 1650. The second-order valence-electron chi connectivity index (χ2n) is 9.22. The third-order valence-corrected chi connectivity index (χ3v) is 7.39. The van der Waals surface area contributed by atoms with Gasteiger partial charge < -0.3 is 0 Å². The van der Waals surface area contributed by atoms with Crippen LogP contribution in [0.5, 0.6) is 0 Å². The summed E-state index contributed by atoms with van der Waals surface area (Å²) in [5.41, 5.74) is 11.4. The smallest absolute Gasteiger partial charge is 0.124 e. The van der Waals surface area contributed by atoms with Gasteiger partial charge in [-0.2, -0.15) is 8.75 Å². The normalized spacial score (nSPS) is 13.3. The molecular weight excluding hydrogens is 448 g/mol. The molecule has 1 aliphatic carbocycles. The molecule has 2 unspecified atom stereocenters. The Morgan fingerprint density at radius 3 is 1.57 bits per heavy atom. The van der Waals surface area contributed by atoms with Crippen molar-refractivity contribution in [1.82, 2.24) is 18.7 Å². The maximum Gasteiger partial charge on any atom is 0.124 e. The van der Waals surface area contributed by atoms with Crippen molar-refractivity contribution in [2.75, 3.05) is 0 Å². The lowest BCUT2D eigenvalue weighted by atomic mass is 9.80. The van der Waals surface area contributed by atoms with E-state index in [9.17, 15) is 0 Å². The van der Waals surface area contributed by atoms with E-state index in [0.29, 0.717) is 0 Å². The molecule has 0 saturated carbocycles. The van der Waals surface area contributed by atoms with Gasteiger partial charge in [0.2, 0.25) is 0 Å². The van der Waals surface area contributed by atoms with Crippen LogP contribution in [0.3, 0.4) is 0 Å². The number of rotatable bonds is 2. The minimum Gasteiger partial charge on any atom is -0.243 e. The van der Waals surface area contributed by atoms with Gasteiger partial charge in [-0.25, -0.2) is 9.97 Å². The van der Waals surface area contributed by atoms with Crippen LogP contribution in [-0.4, -0.2) is 18.7 Å². The van der Waals surface area contributed by atoms with Crippen molar-refractivity contribution in [3.05, 3.63) is 47.5 Å². The van der Waals surface area contributed by atoms with Crippen molar-refractivity contribution < 1.29 is 0 Å². The quantitative estimate of drug-likeness (QED) is 0.197. The molecule has 5 aromatic rings. The molecule has 35 heavy (non-hydrogen) atoms. The number of aromatic nitrogens is 4. The summed E-state index contributed by atoms with van der Waals surface area (Å²) in [6.45, 7) is 8.56. The summed E-state index contributed by atoms with van der Waals surface area (Å²) < 4.78 is 9.25. The molecule has 0 spiro atoms. The Kier molecular flexibility index (Phi) is 5.24. The lowest BCUT2D eigenvalue weighted by Crippen LogP contribution is -2.01. The highest BCUT2D eigenvalue weighted by Gasteiger charge is 2.24. The minimum absolute atomic E-state index is 0.279. The first kappa shape index (κ1) is 21.7. The Morgan fingerprint density at radius 2 is 1.14 bits per heavy atom. The van der Waals surface area contributed by atoms with Crippen LogP contribution in [0.15, 0.2) is 36.4 Å². The number of hydrogen-bond acceptors (Lipinski definition) is 5. The van der Waals surface area contributed by atoms with E-state index in [1.807, 2.05) is 0 Å². The molecule has 0 fully saturated rings. The number of fused-ring (bicyclic) bond motifs is 7. The summed E-state index contributed by atoms with van der Waals surface area (Å²) >= 11 is 1.19. The second kappa shape index (κ2) is 8.45. The van der Waals surface area contributed by atoms with Gasteiger partial charge >= 0.3 is 0 Å². The van der Waals surface area contributed by atoms with E-state index in [-0.39, 0.29) is 11.8 Å². The SMILES string of the molecule is CCC(C)C#Cc1c2nsnc2c(C#CC(C)CC)c2nc3cc4c(cc3nc12)-c1ccccc1-4. The van der Waals surface area contributed by atoms with Crippen LogP contribution in [0.4, 0.5) is 0 Å². The summed E-state index contributed by atoms with van der Waals surface area (Å²) in [4.78, 5) is 10.3. The Balaban J connectivity index is 1.69. The average Bonchev–Trinajstić information content (AvgIpc) is 3.37. The third kappa shape index (κ3) is 3.47. The topological polar surface area (TPSA) is 51.6 Å². The van der Waals surface area contributed by atoms with Crippen molar-refractivity contribution in [2.24, 2.45) is 11.8 Å². The molecule has 2 aromatic heterocycles. The minimum atomic E-state index is 0.279. The van der Waals surface area contributed by atoms with Crippen LogP contribution in [0.25, 0.3) is 55.4 Å². The zero-order valence-corrected chi connectivity index (χ0v) is 21.0. The zero-order valence-electron chi connectivity index (χ0n) is 20.2. The van der Waals surface area contributed by atoms with Gasteiger partial charge in [-0.1, -0.05) is 75.6 Å². The van der Waals surface area contributed by atoms with Crippen LogP contribution in [0.2, 0.25) is 0 Å². The fourth-order valence-corrected chi connectivity index (χ4v) is 4.92. The van der Waals surface area contributed by atoms with Crippen LogP contribution >= 0.6 is 11.7 Å². The number of hydrogen-bond donors (Lipinski definition) is 0. The molecule has 2 atom stereocenters. The molecule has 0 amide bonds. The molecule has 0 aliphatic heterocycles. The third-order valence-electron chi connectivity index (χ3n) is 6.86. The highest BCUT2D eigenvalue weighted by Crippen LogP contribution is 2.48. The highest BCUT2D eigenvalue weighted by molar-refractivity contribution is 7.00. The monoisotopic (exact) mass is 472 g/mol. The molecule has 3 aromatic carbocycles.